The fourth-order valence-electron chi connectivity index (χ4n) is 4.19. The molecule has 5 rings (SSSR count). The third-order valence-electron chi connectivity index (χ3n) is 5.52. The highest BCUT2D eigenvalue weighted by molar-refractivity contribution is 5.88. The standard InChI is InChI=1S/C20H21N3O/c1-2-6-16-14-17(13-15(16)5-1)22-9-11-23(12-10-22)20-18-7-3-4-8-19(18)24-21-20/h1-8,17H,9-14H2. The Morgan fingerprint density at radius 1 is 0.833 bits per heavy atom. The maximum absolute atomic E-state index is 5.47. The van der Waals surface area contributed by atoms with Crippen LogP contribution in [0.3, 0.4) is 0 Å². The molecular weight excluding hydrogens is 298 g/mol. The molecule has 3 aromatic rings. The number of hydrogen-bond acceptors (Lipinski definition) is 4. The smallest absolute Gasteiger partial charge is 0.180 e. The van der Waals surface area contributed by atoms with Gasteiger partial charge in [-0.15, -0.1) is 0 Å². The van der Waals surface area contributed by atoms with E-state index in [9.17, 15) is 0 Å². The van der Waals surface area contributed by atoms with Crippen LogP contribution in [0.2, 0.25) is 0 Å². The van der Waals surface area contributed by atoms with Crippen molar-refractivity contribution in [1.82, 2.24) is 10.1 Å². The van der Waals surface area contributed by atoms with E-state index in [1.165, 1.54) is 24.0 Å². The summed E-state index contributed by atoms with van der Waals surface area (Å²) in [5.41, 5.74) is 3.95. The number of para-hydroxylation sites is 1. The Balaban J connectivity index is 1.28. The SMILES string of the molecule is c1ccc2c(c1)CC(N1CCN(c3noc4ccccc34)CC1)C2. The van der Waals surface area contributed by atoms with Crippen LogP contribution in [-0.4, -0.2) is 42.3 Å². The number of fused-ring (bicyclic) bond motifs is 2. The van der Waals surface area contributed by atoms with Crippen LogP contribution in [0.4, 0.5) is 5.82 Å². The first-order valence-electron chi connectivity index (χ1n) is 8.79. The van der Waals surface area contributed by atoms with E-state index in [1.807, 2.05) is 12.1 Å². The fraction of sp³-hybridized carbons (Fsp3) is 0.350. The number of anilines is 1. The average Bonchev–Trinajstić information content (AvgIpc) is 3.26. The van der Waals surface area contributed by atoms with E-state index in [0.29, 0.717) is 6.04 Å². The predicted octanol–water partition coefficient (Wildman–Crippen LogP) is 3.12. The zero-order valence-electron chi connectivity index (χ0n) is 13.7. The molecule has 4 nitrogen and oxygen atoms in total. The van der Waals surface area contributed by atoms with Crippen LogP contribution in [0, 0.1) is 0 Å². The normalized spacial score (nSPS) is 19.1. The molecule has 0 unspecified atom stereocenters. The van der Waals surface area contributed by atoms with E-state index in [0.717, 1.165) is 43.0 Å². The third-order valence-corrected chi connectivity index (χ3v) is 5.52. The van der Waals surface area contributed by atoms with Crippen molar-refractivity contribution in [3.8, 4) is 0 Å². The Morgan fingerprint density at radius 2 is 1.50 bits per heavy atom. The molecule has 1 aliphatic heterocycles. The summed E-state index contributed by atoms with van der Waals surface area (Å²) in [7, 11) is 0. The first-order valence-corrected chi connectivity index (χ1v) is 8.79. The van der Waals surface area contributed by atoms with E-state index in [4.69, 9.17) is 4.52 Å². The van der Waals surface area contributed by atoms with Gasteiger partial charge in [-0.2, -0.15) is 0 Å². The first kappa shape index (κ1) is 14.1. The maximum atomic E-state index is 5.47. The van der Waals surface area contributed by atoms with Gasteiger partial charge in [0.05, 0.1) is 5.39 Å². The van der Waals surface area contributed by atoms with Gasteiger partial charge in [0.25, 0.3) is 0 Å². The number of piperazine rings is 1. The van der Waals surface area contributed by atoms with Gasteiger partial charge in [-0.1, -0.05) is 41.6 Å². The Bertz CT molecular complexity index is 839. The van der Waals surface area contributed by atoms with Crippen molar-refractivity contribution in [3.05, 3.63) is 59.7 Å². The molecule has 2 aromatic carbocycles. The topological polar surface area (TPSA) is 32.5 Å². The minimum Gasteiger partial charge on any atom is -0.354 e. The minimum absolute atomic E-state index is 0.665. The van der Waals surface area contributed by atoms with Crippen LogP contribution in [0.25, 0.3) is 11.0 Å². The van der Waals surface area contributed by atoms with Gasteiger partial charge in [-0.05, 0) is 36.1 Å². The highest BCUT2D eigenvalue weighted by atomic mass is 16.5. The molecule has 0 amide bonds. The lowest BCUT2D eigenvalue weighted by molar-refractivity contribution is 0.189. The molecule has 0 saturated carbocycles. The monoisotopic (exact) mass is 319 g/mol. The van der Waals surface area contributed by atoms with Crippen molar-refractivity contribution in [2.45, 2.75) is 18.9 Å². The van der Waals surface area contributed by atoms with Crippen LogP contribution in [0.15, 0.2) is 53.1 Å². The van der Waals surface area contributed by atoms with Gasteiger partial charge in [0.2, 0.25) is 0 Å². The van der Waals surface area contributed by atoms with Crippen LogP contribution in [0.5, 0.6) is 0 Å². The number of rotatable bonds is 2. The van der Waals surface area contributed by atoms with Crippen LogP contribution in [0.1, 0.15) is 11.1 Å². The van der Waals surface area contributed by atoms with E-state index < -0.39 is 0 Å². The van der Waals surface area contributed by atoms with Crippen LogP contribution < -0.4 is 4.90 Å². The van der Waals surface area contributed by atoms with Crippen LogP contribution >= 0.6 is 0 Å². The zero-order valence-corrected chi connectivity index (χ0v) is 13.7. The molecule has 0 atom stereocenters. The largest absolute Gasteiger partial charge is 0.354 e. The van der Waals surface area contributed by atoms with Gasteiger partial charge in [-0.25, -0.2) is 0 Å². The van der Waals surface area contributed by atoms with Crippen molar-refractivity contribution < 1.29 is 4.52 Å². The Kier molecular flexibility index (Phi) is 3.30. The molecule has 1 aliphatic carbocycles. The molecule has 24 heavy (non-hydrogen) atoms. The Morgan fingerprint density at radius 3 is 2.25 bits per heavy atom. The van der Waals surface area contributed by atoms with Crippen molar-refractivity contribution in [2.24, 2.45) is 0 Å². The summed E-state index contributed by atoms with van der Waals surface area (Å²) in [6.07, 6.45) is 2.39. The molecule has 0 spiro atoms. The summed E-state index contributed by atoms with van der Waals surface area (Å²) in [5, 5.41) is 5.43. The van der Waals surface area contributed by atoms with Gasteiger partial charge < -0.3 is 9.42 Å². The van der Waals surface area contributed by atoms with Crippen molar-refractivity contribution in [1.29, 1.82) is 0 Å². The molecule has 1 aromatic heterocycles. The fourth-order valence-corrected chi connectivity index (χ4v) is 4.19. The summed E-state index contributed by atoms with van der Waals surface area (Å²) in [6.45, 7) is 4.23. The summed E-state index contributed by atoms with van der Waals surface area (Å²) >= 11 is 0. The third kappa shape index (κ3) is 2.29. The molecule has 4 heteroatoms. The maximum Gasteiger partial charge on any atom is 0.180 e. The Hall–Kier alpha value is -2.33. The van der Waals surface area contributed by atoms with Crippen molar-refractivity contribution >= 4 is 16.8 Å². The molecule has 0 bridgehead atoms. The first-order chi connectivity index (χ1) is 11.9. The highest BCUT2D eigenvalue weighted by Crippen LogP contribution is 2.29. The lowest BCUT2D eigenvalue weighted by Crippen LogP contribution is -2.50. The number of nitrogens with zero attached hydrogens (tertiary/aromatic N) is 3. The number of hydrogen-bond donors (Lipinski definition) is 0. The van der Waals surface area contributed by atoms with Gasteiger partial charge in [-0.3, -0.25) is 4.90 Å². The van der Waals surface area contributed by atoms with E-state index >= 15 is 0 Å². The molecule has 2 heterocycles. The summed E-state index contributed by atoms with van der Waals surface area (Å²) < 4.78 is 5.47. The van der Waals surface area contributed by atoms with Gasteiger partial charge in [0.1, 0.15) is 0 Å². The zero-order chi connectivity index (χ0) is 15.9. The second kappa shape index (κ2) is 5.64. The average molecular weight is 319 g/mol. The van der Waals surface area contributed by atoms with E-state index in [2.05, 4.69) is 51.4 Å². The lowest BCUT2D eigenvalue weighted by atomic mass is 10.1. The molecule has 2 aliphatic rings. The predicted molar refractivity (Wildman–Crippen MR) is 95.4 cm³/mol. The van der Waals surface area contributed by atoms with E-state index in [-0.39, 0.29) is 0 Å². The summed E-state index contributed by atoms with van der Waals surface area (Å²) in [6, 6.07) is 17.7. The van der Waals surface area contributed by atoms with Gasteiger partial charge >= 0.3 is 0 Å². The van der Waals surface area contributed by atoms with E-state index in [1.54, 1.807) is 0 Å². The Labute approximate surface area is 141 Å². The number of aromatic nitrogens is 1. The highest BCUT2D eigenvalue weighted by Gasteiger charge is 2.30. The molecule has 0 N–H and O–H groups in total. The number of benzene rings is 2. The van der Waals surface area contributed by atoms with Crippen molar-refractivity contribution in [2.75, 3.05) is 31.1 Å². The van der Waals surface area contributed by atoms with Crippen molar-refractivity contribution in [3.63, 3.8) is 0 Å². The molecule has 0 radical (unpaired) electrons. The molecule has 122 valence electrons. The quantitative estimate of drug-likeness (QED) is 0.726. The summed E-state index contributed by atoms with van der Waals surface area (Å²) in [4.78, 5) is 5.02. The second-order valence-corrected chi connectivity index (χ2v) is 6.86. The minimum atomic E-state index is 0.665. The molecule has 1 saturated heterocycles. The summed E-state index contributed by atoms with van der Waals surface area (Å²) in [5.74, 6) is 1.000. The second-order valence-electron chi connectivity index (χ2n) is 6.86. The van der Waals surface area contributed by atoms with Crippen LogP contribution in [-0.2, 0) is 12.8 Å². The van der Waals surface area contributed by atoms with Gasteiger partial charge in [0, 0.05) is 32.2 Å². The lowest BCUT2D eigenvalue weighted by Gasteiger charge is -2.38. The molecule has 1 fully saturated rings. The van der Waals surface area contributed by atoms with Gasteiger partial charge in [0.15, 0.2) is 11.4 Å². The molecular formula is C20H21N3O.